The Morgan fingerprint density at radius 1 is 1.56 bits per heavy atom. The van der Waals surface area contributed by atoms with Crippen molar-refractivity contribution in [2.75, 3.05) is 13.1 Å². The highest BCUT2D eigenvalue weighted by Crippen LogP contribution is 2.14. The second-order valence-electron chi connectivity index (χ2n) is 5.02. The number of hydrogen-bond donors (Lipinski definition) is 1. The fraction of sp³-hybridized carbons (Fsp3) is 0.636. The lowest BCUT2D eigenvalue weighted by molar-refractivity contribution is 0.00693. The molecule has 0 unspecified atom stereocenters. The van der Waals surface area contributed by atoms with Crippen LogP contribution in [-0.4, -0.2) is 34.4 Å². The monoisotopic (exact) mass is 223 g/mol. The van der Waals surface area contributed by atoms with Crippen molar-refractivity contribution >= 4 is 5.97 Å². The molecule has 0 aromatic carbocycles. The van der Waals surface area contributed by atoms with Gasteiger partial charge < -0.3 is 10.1 Å². The number of aromatic nitrogens is 2. The van der Waals surface area contributed by atoms with Gasteiger partial charge in [-0.1, -0.05) is 0 Å². The summed E-state index contributed by atoms with van der Waals surface area (Å²) in [5.41, 5.74) is 0.0545. The van der Waals surface area contributed by atoms with Gasteiger partial charge >= 0.3 is 5.97 Å². The van der Waals surface area contributed by atoms with Gasteiger partial charge in [0, 0.05) is 19.3 Å². The minimum atomic E-state index is -0.461. The smallest absolute Gasteiger partial charge is 0.341 e. The Morgan fingerprint density at radius 2 is 2.25 bits per heavy atom. The van der Waals surface area contributed by atoms with Gasteiger partial charge in [-0.05, 0) is 20.8 Å². The number of nitrogens with zero attached hydrogens (tertiary/aromatic N) is 2. The summed E-state index contributed by atoms with van der Waals surface area (Å²) in [5, 5.41) is 7.32. The maximum Gasteiger partial charge on any atom is 0.341 e. The van der Waals surface area contributed by atoms with E-state index in [0.29, 0.717) is 11.6 Å². The molecule has 1 aliphatic rings. The highest BCUT2D eigenvalue weighted by Gasteiger charge is 2.23. The Labute approximate surface area is 94.8 Å². The number of carbonyl (C=O) groups is 1. The first-order valence-electron chi connectivity index (χ1n) is 5.44. The van der Waals surface area contributed by atoms with E-state index in [2.05, 4.69) is 10.4 Å². The summed E-state index contributed by atoms with van der Waals surface area (Å²) in [4.78, 5) is 11.7. The van der Waals surface area contributed by atoms with Crippen molar-refractivity contribution in [3.05, 3.63) is 18.0 Å². The molecule has 1 aliphatic heterocycles. The van der Waals surface area contributed by atoms with E-state index < -0.39 is 5.60 Å². The lowest BCUT2D eigenvalue weighted by atomic mass is 10.2. The molecular formula is C11H17N3O2. The zero-order valence-corrected chi connectivity index (χ0v) is 9.86. The molecule has 5 nitrogen and oxygen atoms in total. The van der Waals surface area contributed by atoms with Gasteiger partial charge in [0.05, 0.1) is 17.8 Å². The van der Waals surface area contributed by atoms with Crippen LogP contribution >= 0.6 is 0 Å². The molecule has 0 saturated carbocycles. The van der Waals surface area contributed by atoms with Crippen LogP contribution in [0, 0.1) is 0 Å². The van der Waals surface area contributed by atoms with Crippen LogP contribution in [0.3, 0.4) is 0 Å². The van der Waals surface area contributed by atoms with Gasteiger partial charge in [0.1, 0.15) is 5.60 Å². The molecule has 2 heterocycles. The van der Waals surface area contributed by atoms with E-state index in [1.807, 2.05) is 25.5 Å². The number of hydrogen-bond acceptors (Lipinski definition) is 4. The SMILES string of the molecule is CC(C)(C)OC(=O)c1cnn(C2CNC2)c1. The third kappa shape index (κ3) is 2.41. The van der Waals surface area contributed by atoms with E-state index in [1.165, 1.54) is 0 Å². The van der Waals surface area contributed by atoms with Crippen LogP contribution in [-0.2, 0) is 4.74 Å². The molecule has 2 rings (SSSR count). The normalized spacial score (nSPS) is 16.9. The zero-order valence-electron chi connectivity index (χ0n) is 9.86. The predicted octanol–water partition coefficient (Wildman–Crippen LogP) is 0.983. The third-order valence-electron chi connectivity index (χ3n) is 2.37. The fourth-order valence-electron chi connectivity index (χ4n) is 1.44. The third-order valence-corrected chi connectivity index (χ3v) is 2.37. The van der Waals surface area contributed by atoms with E-state index in [9.17, 15) is 4.79 Å². The Balaban J connectivity index is 2.03. The van der Waals surface area contributed by atoms with Gasteiger partial charge in [0.15, 0.2) is 0 Å². The highest BCUT2D eigenvalue weighted by molar-refractivity contribution is 5.89. The summed E-state index contributed by atoms with van der Waals surface area (Å²) in [6.07, 6.45) is 3.31. The molecule has 1 aromatic rings. The van der Waals surface area contributed by atoms with Crippen molar-refractivity contribution in [1.82, 2.24) is 15.1 Å². The molecule has 1 N–H and O–H groups in total. The Hall–Kier alpha value is -1.36. The van der Waals surface area contributed by atoms with Crippen molar-refractivity contribution < 1.29 is 9.53 Å². The summed E-state index contributed by atoms with van der Waals surface area (Å²) >= 11 is 0. The van der Waals surface area contributed by atoms with E-state index in [0.717, 1.165) is 13.1 Å². The summed E-state index contributed by atoms with van der Waals surface area (Å²) in [6, 6.07) is 0.371. The first-order chi connectivity index (χ1) is 7.46. The second-order valence-corrected chi connectivity index (χ2v) is 5.02. The first-order valence-corrected chi connectivity index (χ1v) is 5.44. The van der Waals surface area contributed by atoms with Gasteiger partial charge in [-0.3, -0.25) is 4.68 Å². The molecule has 0 spiro atoms. The van der Waals surface area contributed by atoms with Crippen LogP contribution in [0.1, 0.15) is 37.2 Å². The summed E-state index contributed by atoms with van der Waals surface area (Å²) in [6.45, 7) is 7.38. The number of ether oxygens (including phenoxy) is 1. The number of esters is 1. The van der Waals surface area contributed by atoms with Crippen molar-refractivity contribution in [2.45, 2.75) is 32.4 Å². The second kappa shape index (κ2) is 3.90. The molecule has 0 aliphatic carbocycles. The van der Waals surface area contributed by atoms with E-state index >= 15 is 0 Å². The zero-order chi connectivity index (χ0) is 11.8. The molecule has 1 saturated heterocycles. The quantitative estimate of drug-likeness (QED) is 0.759. The van der Waals surface area contributed by atoms with Crippen molar-refractivity contribution in [1.29, 1.82) is 0 Å². The summed E-state index contributed by atoms with van der Waals surface area (Å²) in [5.74, 6) is -0.314. The number of carbonyl (C=O) groups excluding carboxylic acids is 1. The van der Waals surface area contributed by atoms with E-state index in [4.69, 9.17) is 4.74 Å². The number of nitrogens with one attached hydrogen (secondary N) is 1. The minimum Gasteiger partial charge on any atom is -0.456 e. The molecule has 16 heavy (non-hydrogen) atoms. The summed E-state index contributed by atoms with van der Waals surface area (Å²) < 4.78 is 7.08. The maximum atomic E-state index is 11.7. The minimum absolute atomic E-state index is 0.314. The fourth-order valence-corrected chi connectivity index (χ4v) is 1.44. The average Bonchev–Trinajstić information content (AvgIpc) is 2.46. The molecule has 0 bridgehead atoms. The van der Waals surface area contributed by atoms with Crippen LogP contribution in [0.25, 0.3) is 0 Å². The Kier molecular flexibility index (Phi) is 2.71. The standard InChI is InChI=1S/C11H17N3O2/c1-11(2,3)16-10(15)8-4-13-14(7-8)9-5-12-6-9/h4,7,9,12H,5-6H2,1-3H3. The van der Waals surface area contributed by atoms with Crippen molar-refractivity contribution in [3.8, 4) is 0 Å². The van der Waals surface area contributed by atoms with E-state index in [-0.39, 0.29) is 5.97 Å². The van der Waals surface area contributed by atoms with E-state index in [1.54, 1.807) is 12.4 Å². The predicted molar refractivity (Wildman–Crippen MR) is 59.3 cm³/mol. The molecule has 0 radical (unpaired) electrons. The molecule has 5 heteroatoms. The molecule has 1 fully saturated rings. The van der Waals surface area contributed by atoms with Crippen LogP contribution in [0.15, 0.2) is 12.4 Å². The molecule has 1 aromatic heterocycles. The van der Waals surface area contributed by atoms with Gasteiger partial charge in [0.25, 0.3) is 0 Å². The lowest BCUT2D eigenvalue weighted by Crippen LogP contribution is -2.43. The Morgan fingerprint density at radius 3 is 2.75 bits per heavy atom. The van der Waals surface area contributed by atoms with Crippen molar-refractivity contribution in [3.63, 3.8) is 0 Å². The Bertz CT molecular complexity index is 388. The maximum absolute atomic E-state index is 11.7. The van der Waals surface area contributed by atoms with Crippen LogP contribution in [0.4, 0.5) is 0 Å². The van der Waals surface area contributed by atoms with Gasteiger partial charge in [-0.25, -0.2) is 4.79 Å². The topological polar surface area (TPSA) is 56.1 Å². The lowest BCUT2D eigenvalue weighted by Gasteiger charge is -2.27. The van der Waals surface area contributed by atoms with Crippen LogP contribution in [0.5, 0.6) is 0 Å². The van der Waals surface area contributed by atoms with Gasteiger partial charge in [-0.15, -0.1) is 0 Å². The number of rotatable bonds is 2. The van der Waals surface area contributed by atoms with Crippen molar-refractivity contribution in [2.24, 2.45) is 0 Å². The van der Waals surface area contributed by atoms with Crippen LogP contribution < -0.4 is 5.32 Å². The summed E-state index contributed by atoms with van der Waals surface area (Å²) in [7, 11) is 0. The first kappa shape index (κ1) is 11.1. The van der Waals surface area contributed by atoms with Gasteiger partial charge in [0.2, 0.25) is 0 Å². The highest BCUT2D eigenvalue weighted by atomic mass is 16.6. The molecule has 0 amide bonds. The largest absolute Gasteiger partial charge is 0.456 e. The molecule has 0 atom stereocenters. The van der Waals surface area contributed by atoms with Crippen LogP contribution in [0.2, 0.25) is 0 Å². The average molecular weight is 223 g/mol. The molecule has 88 valence electrons. The molecular weight excluding hydrogens is 206 g/mol. The van der Waals surface area contributed by atoms with Gasteiger partial charge in [-0.2, -0.15) is 5.10 Å².